The SMILES string of the molecule is C=Cc1cnc2c(N3CCOCC3)nc(C3C=CC(O)=CC3C)nc2c1. The van der Waals surface area contributed by atoms with Crippen LogP contribution in [-0.2, 0) is 4.74 Å². The lowest BCUT2D eigenvalue weighted by atomic mass is 9.88. The number of nitrogens with zero attached hydrogens (tertiary/aromatic N) is 4. The van der Waals surface area contributed by atoms with Crippen molar-refractivity contribution in [2.45, 2.75) is 12.8 Å². The average Bonchev–Trinajstić information content (AvgIpc) is 2.67. The molecule has 2 aromatic rings. The molecule has 0 radical (unpaired) electrons. The van der Waals surface area contributed by atoms with E-state index in [9.17, 15) is 5.11 Å². The van der Waals surface area contributed by atoms with Crippen LogP contribution in [-0.4, -0.2) is 46.4 Å². The summed E-state index contributed by atoms with van der Waals surface area (Å²) in [5.74, 6) is 2.02. The van der Waals surface area contributed by atoms with E-state index in [0.717, 1.165) is 41.3 Å². The number of rotatable bonds is 3. The van der Waals surface area contributed by atoms with Crippen molar-refractivity contribution in [2.75, 3.05) is 31.2 Å². The third kappa shape index (κ3) is 3.08. The van der Waals surface area contributed by atoms with Crippen LogP contribution < -0.4 is 4.90 Å². The maximum Gasteiger partial charge on any atom is 0.159 e. The Hall–Kier alpha value is -2.73. The van der Waals surface area contributed by atoms with E-state index in [1.807, 2.05) is 18.2 Å². The van der Waals surface area contributed by atoms with Crippen LogP contribution in [0.1, 0.15) is 24.2 Å². The third-order valence-corrected chi connectivity index (χ3v) is 4.87. The van der Waals surface area contributed by atoms with E-state index in [1.165, 1.54) is 0 Å². The molecule has 0 saturated carbocycles. The number of morpholine rings is 1. The minimum Gasteiger partial charge on any atom is -0.508 e. The Morgan fingerprint density at radius 3 is 2.85 bits per heavy atom. The first-order valence-corrected chi connectivity index (χ1v) is 8.87. The van der Waals surface area contributed by atoms with Crippen LogP contribution in [0.15, 0.2) is 42.8 Å². The highest BCUT2D eigenvalue weighted by molar-refractivity contribution is 5.87. The van der Waals surface area contributed by atoms with Crippen LogP contribution in [0.2, 0.25) is 0 Å². The number of pyridine rings is 1. The lowest BCUT2D eigenvalue weighted by Crippen LogP contribution is -2.37. The van der Waals surface area contributed by atoms with Gasteiger partial charge in [-0.3, -0.25) is 4.98 Å². The van der Waals surface area contributed by atoms with E-state index >= 15 is 0 Å². The number of hydrogen-bond acceptors (Lipinski definition) is 6. The summed E-state index contributed by atoms with van der Waals surface area (Å²) >= 11 is 0. The van der Waals surface area contributed by atoms with Gasteiger partial charge in [0.05, 0.1) is 18.7 Å². The van der Waals surface area contributed by atoms with Crippen LogP contribution in [0.5, 0.6) is 0 Å². The fraction of sp³-hybridized carbons (Fsp3) is 0.350. The zero-order valence-electron chi connectivity index (χ0n) is 14.8. The summed E-state index contributed by atoms with van der Waals surface area (Å²) in [6.07, 6.45) is 9.09. The molecule has 0 amide bonds. The normalized spacial score (nSPS) is 23.1. The Morgan fingerprint density at radius 1 is 1.31 bits per heavy atom. The number of aliphatic hydroxyl groups excluding tert-OH is 1. The second-order valence-corrected chi connectivity index (χ2v) is 6.68. The Morgan fingerprint density at radius 2 is 2.12 bits per heavy atom. The summed E-state index contributed by atoms with van der Waals surface area (Å²) < 4.78 is 5.48. The van der Waals surface area contributed by atoms with Gasteiger partial charge in [-0.1, -0.05) is 25.7 Å². The van der Waals surface area contributed by atoms with Gasteiger partial charge in [0.1, 0.15) is 17.1 Å². The van der Waals surface area contributed by atoms with Gasteiger partial charge < -0.3 is 14.7 Å². The summed E-state index contributed by atoms with van der Waals surface area (Å²) in [4.78, 5) is 16.5. The molecule has 1 N–H and O–H groups in total. The minimum atomic E-state index is 0.0162. The number of ether oxygens (including phenoxy) is 1. The smallest absolute Gasteiger partial charge is 0.159 e. The molecule has 1 aliphatic heterocycles. The zero-order valence-corrected chi connectivity index (χ0v) is 14.8. The maximum atomic E-state index is 9.73. The van der Waals surface area contributed by atoms with E-state index in [1.54, 1.807) is 18.3 Å². The highest BCUT2D eigenvalue weighted by Gasteiger charge is 2.25. The highest BCUT2D eigenvalue weighted by atomic mass is 16.5. The van der Waals surface area contributed by atoms with Crippen LogP contribution in [0.4, 0.5) is 5.82 Å². The number of allylic oxidation sites excluding steroid dienone is 3. The minimum absolute atomic E-state index is 0.0162. The molecule has 134 valence electrons. The quantitative estimate of drug-likeness (QED) is 0.916. The van der Waals surface area contributed by atoms with Crippen molar-refractivity contribution >= 4 is 22.9 Å². The van der Waals surface area contributed by atoms with Gasteiger partial charge in [0, 0.05) is 25.2 Å². The van der Waals surface area contributed by atoms with Gasteiger partial charge in [0.15, 0.2) is 5.82 Å². The second-order valence-electron chi connectivity index (χ2n) is 6.68. The summed E-state index contributed by atoms with van der Waals surface area (Å²) in [7, 11) is 0. The molecule has 0 spiro atoms. The van der Waals surface area contributed by atoms with Crippen molar-refractivity contribution in [3.05, 3.63) is 54.2 Å². The predicted octanol–water partition coefficient (Wildman–Crippen LogP) is 3.24. The molecule has 1 fully saturated rings. The molecular weight excluding hydrogens is 328 g/mol. The highest BCUT2D eigenvalue weighted by Crippen LogP contribution is 2.32. The number of anilines is 1. The van der Waals surface area contributed by atoms with Crippen LogP contribution >= 0.6 is 0 Å². The first-order chi connectivity index (χ1) is 12.7. The van der Waals surface area contributed by atoms with Gasteiger partial charge in [-0.25, -0.2) is 9.97 Å². The van der Waals surface area contributed by atoms with E-state index in [2.05, 4.69) is 23.4 Å². The molecule has 4 rings (SSSR count). The maximum absolute atomic E-state index is 9.73. The van der Waals surface area contributed by atoms with E-state index < -0.39 is 0 Å². The standard InChI is InChI=1S/C20H22N4O2/c1-3-14-11-17-18(21-12-14)20(24-6-8-26-9-7-24)23-19(22-17)16-5-4-15(25)10-13(16)2/h3-5,10-13,16,25H,1,6-9H2,2H3. The molecule has 2 atom stereocenters. The fourth-order valence-electron chi connectivity index (χ4n) is 3.42. The monoisotopic (exact) mass is 350 g/mol. The molecule has 0 aromatic carbocycles. The topological polar surface area (TPSA) is 71.4 Å². The van der Waals surface area contributed by atoms with Crippen LogP contribution in [0, 0.1) is 5.92 Å². The number of aliphatic hydroxyl groups is 1. The Bertz CT molecular complexity index is 900. The fourth-order valence-corrected chi connectivity index (χ4v) is 3.42. The lowest BCUT2D eigenvalue weighted by molar-refractivity contribution is 0.122. The summed E-state index contributed by atoms with van der Waals surface area (Å²) in [6, 6.07) is 2.00. The second kappa shape index (κ2) is 6.88. The van der Waals surface area contributed by atoms with E-state index in [4.69, 9.17) is 14.7 Å². The predicted molar refractivity (Wildman–Crippen MR) is 102 cm³/mol. The van der Waals surface area contributed by atoms with Crippen molar-refractivity contribution < 1.29 is 9.84 Å². The molecular formula is C20H22N4O2. The van der Waals surface area contributed by atoms with Crippen molar-refractivity contribution in [2.24, 2.45) is 5.92 Å². The van der Waals surface area contributed by atoms with Gasteiger partial charge in [0.2, 0.25) is 0 Å². The summed E-state index contributed by atoms with van der Waals surface area (Å²) in [5.41, 5.74) is 2.54. The molecule has 2 aromatic heterocycles. The summed E-state index contributed by atoms with van der Waals surface area (Å²) in [5, 5.41) is 9.73. The average molecular weight is 350 g/mol. The Kier molecular flexibility index (Phi) is 4.42. The number of hydrogen-bond donors (Lipinski definition) is 1. The van der Waals surface area contributed by atoms with E-state index in [0.29, 0.717) is 19.0 Å². The Balaban J connectivity index is 1.85. The molecule has 1 aliphatic carbocycles. The van der Waals surface area contributed by atoms with Gasteiger partial charge in [-0.05, 0) is 29.7 Å². The lowest BCUT2D eigenvalue weighted by Gasteiger charge is -2.29. The largest absolute Gasteiger partial charge is 0.508 e. The molecule has 3 heterocycles. The molecule has 2 unspecified atom stereocenters. The Labute approximate surface area is 152 Å². The molecule has 1 saturated heterocycles. The van der Waals surface area contributed by atoms with Crippen LogP contribution in [0.25, 0.3) is 17.1 Å². The van der Waals surface area contributed by atoms with Crippen LogP contribution in [0.3, 0.4) is 0 Å². The zero-order chi connectivity index (χ0) is 18.1. The number of aromatic nitrogens is 3. The van der Waals surface area contributed by atoms with Gasteiger partial charge in [0.25, 0.3) is 0 Å². The van der Waals surface area contributed by atoms with Gasteiger partial charge >= 0.3 is 0 Å². The summed E-state index contributed by atoms with van der Waals surface area (Å²) in [6.45, 7) is 8.82. The van der Waals surface area contributed by atoms with Crippen molar-refractivity contribution in [3.8, 4) is 0 Å². The molecule has 26 heavy (non-hydrogen) atoms. The van der Waals surface area contributed by atoms with Crippen molar-refractivity contribution in [1.29, 1.82) is 0 Å². The van der Waals surface area contributed by atoms with Crippen molar-refractivity contribution in [1.82, 2.24) is 15.0 Å². The molecule has 2 aliphatic rings. The molecule has 6 nitrogen and oxygen atoms in total. The van der Waals surface area contributed by atoms with Gasteiger partial charge in [-0.15, -0.1) is 0 Å². The first-order valence-electron chi connectivity index (χ1n) is 8.87. The third-order valence-electron chi connectivity index (χ3n) is 4.87. The number of fused-ring (bicyclic) bond motifs is 1. The van der Waals surface area contributed by atoms with Crippen molar-refractivity contribution in [3.63, 3.8) is 0 Å². The molecule has 6 heteroatoms. The molecule has 0 bridgehead atoms. The van der Waals surface area contributed by atoms with Gasteiger partial charge in [-0.2, -0.15) is 0 Å². The first kappa shape index (κ1) is 16.7. The van der Waals surface area contributed by atoms with E-state index in [-0.39, 0.29) is 11.8 Å².